The number of carbonyl (C=O) groups excluding carboxylic acids is 1. The smallest absolute Gasteiger partial charge is 0.358 e. The van der Waals surface area contributed by atoms with E-state index in [0.29, 0.717) is 19.5 Å². The molecule has 1 unspecified atom stereocenters. The van der Waals surface area contributed by atoms with Crippen LogP contribution in [0.15, 0.2) is 6.20 Å². The van der Waals surface area contributed by atoms with E-state index in [1.54, 1.807) is 0 Å². The van der Waals surface area contributed by atoms with Crippen LogP contribution in [0.25, 0.3) is 0 Å². The summed E-state index contributed by atoms with van der Waals surface area (Å²) in [4.78, 5) is 22.3. The van der Waals surface area contributed by atoms with Gasteiger partial charge in [0.2, 0.25) is 5.91 Å². The van der Waals surface area contributed by atoms with Crippen molar-refractivity contribution in [2.24, 2.45) is 0 Å². The van der Waals surface area contributed by atoms with Crippen LogP contribution >= 0.6 is 11.8 Å². The van der Waals surface area contributed by atoms with E-state index in [9.17, 15) is 9.59 Å². The topological polar surface area (TPSA) is 109 Å². The molecule has 0 bridgehead atoms. The number of carboxylic acids is 1. The molecule has 0 aromatic carbocycles. The highest BCUT2D eigenvalue weighted by Crippen LogP contribution is 2.09. The van der Waals surface area contributed by atoms with Gasteiger partial charge in [-0.2, -0.15) is 11.8 Å². The number of aromatic nitrogens is 3. The molecule has 1 atom stereocenters. The van der Waals surface area contributed by atoms with Crippen molar-refractivity contribution in [3.63, 3.8) is 0 Å². The Morgan fingerprint density at radius 2 is 2.45 bits per heavy atom. The number of aromatic carboxylic acids is 1. The van der Waals surface area contributed by atoms with Crippen molar-refractivity contribution in [3.05, 3.63) is 11.9 Å². The van der Waals surface area contributed by atoms with Gasteiger partial charge in [-0.05, 0) is 0 Å². The molecule has 0 aliphatic carbocycles. The monoisotopic (exact) mass is 299 g/mol. The number of amides is 1. The third kappa shape index (κ3) is 4.49. The first-order chi connectivity index (χ1) is 9.65. The molecular weight excluding hydrogens is 282 g/mol. The molecule has 8 nitrogen and oxygen atoms in total. The molecule has 0 saturated carbocycles. The Kier molecular flexibility index (Phi) is 5.36. The summed E-state index contributed by atoms with van der Waals surface area (Å²) in [6.07, 6.45) is 1.80. The van der Waals surface area contributed by atoms with Crippen molar-refractivity contribution >= 4 is 23.6 Å². The van der Waals surface area contributed by atoms with Gasteiger partial charge in [-0.1, -0.05) is 5.21 Å². The molecule has 2 heterocycles. The summed E-state index contributed by atoms with van der Waals surface area (Å²) in [5.74, 6) is 0.930. The highest BCUT2D eigenvalue weighted by atomic mass is 32.2. The summed E-state index contributed by atoms with van der Waals surface area (Å²) in [5, 5.41) is 22.0. The van der Waals surface area contributed by atoms with E-state index < -0.39 is 5.97 Å². The molecular formula is C11H17N5O3S. The molecule has 1 aliphatic rings. The molecule has 2 rings (SSSR count). The number of nitrogens with one attached hydrogen (secondary N) is 2. The van der Waals surface area contributed by atoms with Crippen LogP contribution in [0, 0.1) is 0 Å². The summed E-state index contributed by atoms with van der Waals surface area (Å²) in [6, 6.07) is 0.235. The molecule has 1 saturated heterocycles. The fourth-order valence-corrected chi connectivity index (χ4v) is 2.81. The lowest BCUT2D eigenvalue weighted by Gasteiger charge is -2.22. The third-order valence-electron chi connectivity index (χ3n) is 2.85. The van der Waals surface area contributed by atoms with E-state index in [1.165, 1.54) is 10.9 Å². The van der Waals surface area contributed by atoms with Gasteiger partial charge in [0.15, 0.2) is 5.69 Å². The highest BCUT2D eigenvalue weighted by molar-refractivity contribution is 7.99. The molecule has 3 N–H and O–H groups in total. The molecule has 110 valence electrons. The summed E-state index contributed by atoms with van der Waals surface area (Å²) in [7, 11) is 0. The molecule has 20 heavy (non-hydrogen) atoms. The van der Waals surface area contributed by atoms with Crippen LogP contribution in [0.2, 0.25) is 0 Å². The van der Waals surface area contributed by atoms with Gasteiger partial charge in [0.1, 0.15) is 0 Å². The van der Waals surface area contributed by atoms with Gasteiger partial charge < -0.3 is 15.7 Å². The Morgan fingerprint density at radius 1 is 1.60 bits per heavy atom. The van der Waals surface area contributed by atoms with E-state index in [0.717, 1.165) is 18.1 Å². The second-order valence-corrected chi connectivity index (χ2v) is 5.60. The van der Waals surface area contributed by atoms with Crippen molar-refractivity contribution in [1.82, 2.24) is 25.6 Å². The van der Waals surface area contributed by atoms with E-state index in [4.69, 9.17) is 5.11 Å². The average molecular weight is 299 g/mol. The Labute approximate surface area is 120 Å². The lowest BCUT2D eigenvalue weighted by Crippen LogP contribution is -2.41. The van der Waals surface area contributed by atoms with Gasteiger partial charge in [0, 0.05) is 37.1 Å². The van der Waals surface area contributed by atoms with Crippen LogP contribution in [0.1, 0.15) is 16.9 Å². The van der Waals surface area contributed by atoms with E-state index in [-0.39, 0.29) is 17.6 Å². The van der Waals surface area contributed by atoms with E-state index in [2.05, 4.69) is 20.9 Å². The van der Waals surface area contributed by atoms with Gasteiger partial charge in [-0.3, -0.25) is 4.79 Å². The standard InChI is InChI=1S/C11H17N5O3S/c17-10(5-8-7-20-4-2-12-8)13-1-3-16-6-9(11(18)19)14-15-16/h6,8,12H,1-5,7H2,(H,13,17)(H,18,19). The highest BCUT2D eigenvalue weighted by Gasteiger charge is 2.16. The summed E-state index contributed by atoms with van der Waals surface area (Å²) < 4.78 is 1.40. The number of nitrogens with zero attached hydrogens (tertiary/aromatic N) is 3. The van der Waals surface area contributed by atoms with Crippen LogP contribution in [-0.2, 0) is 11.3 Å². The minimum Gasteiger partial charge on any atom is -0.476 e. The molecule has 0 radical (unpaired) electrons. The third-order valence-corrected chi connectivity index (χ3v) is 3.98. The Balaban J connectivity index is 1.66. The molecule has 9 heteroatoms. The van der Waals surface area contributed by atoms with E-state index >= 15 is 0 Å². The van der Waals surface area contributed by atoms with E-state index in [1.807, 2.05) is 11.8 Å². The second kappa shape index (κ2) is 7.25. The first kappa shape index (κ1) is 14.8. The van der Waals surface area contributed by atoms with Gasteiger partial charge in [0.25, 0.3) is 0 Å². The molecule has 1 aromatic heterocycles. The quantitative estimate of drug-likeness (QED) is 0.630. The van der Waals surface area contributed by atoms with Crippen LogP contribution < -0.4 is 10.6 Å². The molecule has 1 aromatic rings. The Bertz CT molecular complexity index is 472. The predicted molar refractivity (Wildman–Crippen MR) is 73.7 cm³/mol. The second-order valence-electron chi connectivity index (χ2n) is 4.45. The minimum atomic E-state index is -1.11. The molecule has 1 fully saturated rings. The fourth-order valence-electron chi connectivity index (χ4n) is 1.86. The van der Waals surface area contributed by atoms with Crippen molar-refractivity contribution < 1.29 is 14.7 Å². The normalized spacial score (nSPS) is 18.7. The first-order valence-electron chi connectivity index (χ1n) is 6.36. The van der Waals surface area contributed by atoms with Crippen LogP contribution in [0.5, 0.6) is 0 Å². The van der Waals surface area contributed by atoms with Gasteiger partial charge >= 0.3 is 5.97 Å². The zero-order valence-corrected chi connectivity index (χ0v) is 11.7. The minimum absolute atomic E-state index is 0.0106. The van der Waals surface area contributed by atoms with Gasteiger partial charge in [-0.15, -0.1) is 5.10 Å². The zero-order valence-electron chi connectivity index (χ0n) is 10.9. The summed E-state index contributed by atoms with van der Waals surface area (Å²) in [5.41, 5.74) is -0.0974. The Morgan fingerprint density at radius 3 is 3.10 bits per heavy atom. The molecule has 1 aliphatic heterocycles. The number of carboxylic acid groups (broad SMARTS) is 1. The molecule has 0 spiro atoms. The molecule has 1 amide bonds. The Hall–Kier alpha value is -1.61. The van der Waals surface area contributed by atoms with Gasteiger partial charge in [0.05, 0.1) is 12.7 Å². The number of hydrogen-bond acceptors (Lipinski definition) is 6. The lowest BCUT2D eigenvalue weighted by molar-refractivity contribution is -0.121. The van der Waals surface area contributed by atoms with Crippen LogP contribution in [0.4, 0.5) is 0 Å². The lowest BCUT2D eigenvalue weighted by atomic mass is 10.2. The maximum Gasteiger partial charge on any atom is 0.358 e. The zero-order chi connectivity index (χ0) is 14.4. The largest absolute Gasteiger partial charge is 0.476 e. The number of rotatable bonds is 6. The SMILES string of the molecule is O=C(CC1CSCCN1)NCCn1cc(C(=O)O)nn1. The summed E-state index contributed by atoms with van der Waals surface area (Å²) >= 11 is 1.85. The predicted octanol–water partition coefficient (Wildman–Crippen LogP) is -0.812. The summed E-state index contributed by atoms with van der Waals surface area (Å²) in [6.45, 7) is 1.75. The van der Waals surface area contributed by atoms with Crippen molar-refractivity contribution in [2.45, 2.75) is 19.0 Å². The first-order valence-corrected chi connectivity index (χ1v) is 7.52. The number of hydrogen-bond donors (Lipinski definition) is 3. The van der Waals surface area contributed by atoms with Crippen molar-refractivity contribution in [2.75, 3.05) is 24.6 Å². The van der Waals surface area contributed by atoms with Crippen molar-refractivity contribution in [3.8, 4) is 0 Å². The van der Waals surface area contributed by atoms with Gasteiger partial charge in [-0.25, -0.2) is 9.48 Å². The number of carbonyl (C=O) groups is 2. The van der Waals surface area contributed by atoms with Crippen molar-refractivity contribution in [1.29, 1.82) is 0 Å². The van der Waals surface area contributed by atoms with Crippen LogP contribution in [-0.4, -0.2) is 62.6 Å². The maximum atomic E-state index is 11.7. The number of thioether (sulfide) groups is 1. The maximum absolute atomic E-state index is 11.7. The fraction of sp³-hybridized carbons (Fsp3) is 0.636. The van der Waals surface area contributed by atoms with Crippen LogP contribution in [0.3, 0.4) is 0 Å². The average Bonchev–Trinajstić information content (AvgIpc) is 2.89.